The number of hydrogen-bond donors (Lipinski definition) is 1. The standard InChI is InChI=1S/C19H24N4OS/c1-4-19(5-2,18(24)20-13-14-10-11-21-23(14)3)12-17-22-15-8-6-7-9-16(15)25-17/h6-11H,4-5,12-13H2,1-3H3,(H,20,24). The van der Waals surface area contributed by atoms with Crippen LogP contribution >= 0.6 is 11.3 Å². The van der Waals surface area contributed by atoms with Crippen LogP contribution in [0.25, 0.3) is 10.2 Å². The van der Waals surface area contributed by atoms with Gasteiger partial charge in [0.2, 0.25) is 5.91 Å². The molecule has 1 N–H and O–H groups in total. The lowest BCUT2D eigenvalue weighted by Gasteiger charge is -2.29. The molecule has 3 rings (SSSR count). The molecule has 132 valence electrons. The number of amides is 1. The molecule has 0 atom stereocenters. The molecule has 0 bridgehead atoms. The second-order valence-electron chi connectivity index (χ2n) is 6.37. The highest BCUT2D eigenvalue weighted by Crippen LogP contribution is 2.34. The number of carbonyl (C=O) groups excluding carboxylic acids is 1. The summed E-state index contributed by atoms with van der Waals surface area (Å²) in [6, 6.07) is 10.1. The van der Waals surface area contributed by atoms with Gasteiger partial charge in [0.25, 0.3) is 0 Å². The molecule has 1 amide bonds. The molecule has 0 saturated carbocycles. The van der Waals surface area contributed by atoms with E-state index in [1.54, 1.807) is 22.2 Å². The Morgan fingerprint density at radius 3 is 2.64 bits per heavy atom. The number of aromatic nitrogens is 3. The molecular formula is C19H24N4OS. The van der Waals surface area contributed by atoms with Crippen LogP contribution in [0.1, 0.15) is 37.4 Å². The predicted octanol–water partition coefficient (Wildman–Crippen LogP) is 3.70. The Morgan fingerprint density at radius 1 is 1.24 bits per heavy atom. The molecule has 0 aliphatic heterocycles. The molecule has 0 aliphatic carbocycles. The van der Waals surface area contributed by atoms with Crippen LogP contribution in [0, 0.1) is 5.41 Å². The fourth-order valence-electron chi connectivity index (χ4n) is 3.12. The van der Waals surface area contributed by atoms with Gasteiger partial charge in [-0.1, -0.05) is 26.0 Å². The molecule has 5 nitrogen and oxygen atoms in total. The van der Waals surface area contributed by atoms with Crippen molar-refractivity contribution < 1.29 is 4.79 Å². The number of rotatable bonds is 7. The zero-order chi connectivity index (χ0) is 17.9. The summed E-state index contributed by atoms with van der Waals surface area (Å²) < 4.78 is 2.96. The SMILES string of the molecule is CCC(CC)(Cc1nc2ccccc2s1)C(=O)NCc1ccnn1C. The molecule has 0 radical (unpaired) electrons. The minimum absolute atomic E-state index is 0.0953. The summed E-state index contributed by atoms with van der Waals surface area (Å²) in [6.45, 7) is 4.66. The Morgan fingerprint density at radius 2 is 2.00 bits per heavy atom. The Labute approximate surface area is 152 Å². The van der Waals surface area contributed by atoms with Crippen LogP contribution in [0.15, 0.2) is 36.5 Å². The fourth-order valence-corrected chi connectivity index (χ4v) is 4.23. The van der Waals surface area contributed by atoms with Crippen LogP contribution < -0.4 is 5.32 Å². The third-order valence-corrected chi connectivity index (χ3v) is 6.05. The van der Waals surface area contributed by atoms with Crippen molar-refractivity contribution in [1.82, 2.24) is 20.1 Å². The average molecular weight is 356 g/mol. The van der Waals surface area contributed by atoms with E-state index in [1.165, 1.54) is 4.70 Å². The Hall–Kier alpha value is -2.21. The highest BCUT2D eigenvalue weighted by Gasteiger charge is 2.36. The van der Waals surface area contributed by atoms with Crippen LogP contribution in [0.5, 0.6) is 0 Å². The van der Waals surface area contributed by atoms with E-state index in [9.17, 15) is 4.79 Å². The minimum Gasteiger partial charge on any atom is -0.350 e. The van der Waals surface area contributed by atoms with Gasteiger partial charge in [0.05, 0.1) is 32.9 Å². The van der Waals surface area contributed by atoms with E-state index in [4.69, 9.17) is 4.98 Å². The number of nitrogens with one attached hydrogen (secondary N) is 1. The number of benzene rings is 1. The monoisotopic (exact) mass is 356 g/mol. The molecular weight excluding hydrogens is 332 g/mol. The number of aryl methyl sites for hydroxylation is 1. The Kier molecular flexibility index (Phi) is 5.18. The maximum atomic E-state index is 13.0. The van der Waals surface area contributed by atoms with Crippen molar-refractivity contribution in [2.45, 2.75) is 39.7 Å². The lowest BCUT2D eigenvalue weighted by Crippen LogP contribution is -2.41. The average Bonchev–Trinajstić information content (AvgIpc) is 3.22. The molecule has 3 aromatic rings. The third-order valence-electron chi connectivity index (χ3n) is 5.02. The third kappa shape index (κ3) is 3.58. The highest BCUT2D eigenvalue weighted by atomic mass is 32.1. The Bertz CT molecular complexity index is 830. The molecule has 2 heterocycles. The van der Waals surface area contributed by atoms with Crippen LogP contribution in [-0.4, -0.2) is 20.7 Å². The summed E-state index contributed by atoms with van der Waals surface area (Å²) in [5.41, 5.74) is 1.58. The summed E-state index contributed by atoms with van der Waals surface area (Å²) in [7, 11) is 1.88. The van der Waals surface area contributed by atoms with Crippen molar-refractivity contribution >= 4 is 27.5 Å². The van der Waals surface area contributed by atoms with Crippen LogP contribution in [0.3, 0.4) is 0 Å². The van der Waals surface area contributed by atoms with Crippen LogP contribution in [0.2, 0.25) is 0 Å². The first kappa shape index (κ1) is 17.6. The van der Waals surface area contributed by atoms with Gasteiger partial charge in [-0.3, -0.25) is 9.48 Å². The van der Waals surface area contributed by atoms with E-state index >= 15 is 0 Å². The predicted molar refractivity (Wildman–Crippen MR) is 101 cm³/mol. The van der Waals surface area contributed by atoms with Crippen LogP contribution in [0.4, 0.5) is 0 Å². The summed E-state index contributed by atoms with van der Waals surface area (Å²) in [4.78, 5) is 17.7. The zero-order valence-corrected chi connectivity index (χ0v) is 15.8. The summed E-state index contributed by atoms with van der Waals surface area (Å²) in [5.74, 6) is 0.0953. The van der Waals surface area contributed by atoms with E-state index in [1.807, 2.05) is 31.3 Å². The van der Waals surface area contributed by atoms with E-state index in [-0.39, 0.29) is 5.91 Å². The van der Waals surface area contributed by atoms with Crippen molar-refractivity contribution in [3.05, 3.63) is 47.2 Å². The molecule has 0 aliphatic rings. The molecule has 0 unspecified atom stereocenters. The maximum Gasteiger partial charge on any atom is 0.226 e. The van der Waals surface area contributed by atoms with Gasteiger partial charge in [0.15, 0.2) is 0 Å². The lowest BCUT2D eigenvalue weighted by molar-refractivity contribution is -0.131. The lowest BCUT2D eigenvalue weighted by atomic mass is 9.78. The first-order valence-electron chi connectivity index (χ1n) is 8.67. The largest absolute Gasteiger partial charge is 0.350 e. The number of carbonyl (C=O) groups is 1. The van der Waals surface area contributed by atoms with E-state index in [0.717, 1.165) is 29.1 Å². The van der Waals surface area contributed by atoms with E-state index < -0.39 is 5.41 Å². The van der Waals surface area contributed by atoms with Gasteiger partial charge in [-0.2, -0.15) is 5.10 Å². The number of fused-ring (bicyclic) bond motifs is 1. The van der Waals surface area contributed by atoms with Crippen molar-refractivity contribution in [2.75, 3.05) is 0 Å². The molecule has 2 aromatic heterocycles. The Balaban J connectivity index is 1.77. The summed E-state index contributed by atoms with van der Waals surface area (Å²) in [6.07, 6.45) is 4.00. The first-order chi connectivity index (χ1) is 12.1. The number of thiazole rings is 1. The first-order valence-corrected chi connectivity index (χ1v) is 9.49. The number of para-hydroxylation sites is 1. The van der Waals surface area contributed by atoms with E-state index in [0.29, 0.717) is 13.0 Å². The maximum absolute atomic E-state index is 13.0. The number of hydrogen-bond acceptors (Lipinski definition) is 4. The molecule has 0 fully saturated rings. The van der Waals surface area contributed by atoms with Gasteiger partial charge in [0.1, 0.15) is 0 Å². The quantitative estimate of drug-likeness (QED) is 0.702. The molecule has 0 spiro atoms. The zero-order valence-electron chi connectivity index (χ0n) is 15.0. The fraction of sp³-hybridized carbons (Fsp3) is 0.421. The minimum atomic E-state index is -0.424. The van der Waals surface area contributed by atoms with Gasteiger partial charge in [-0.25, -0.2) is 4.98 Å². The molecule has 0 saturated heterocycles. The molecule has 25 heavy (non-hydrogen) atoms. The second kappa shape index (κ2) is 7.35. The van der Waals surface area contributed by atoms with Gasteiger partial charge < -0.3 is 5.32 Å². The second-order valence-corrected chi connectivity index (χ2v) is 7.48. The van der Waals surface area contributed by atoms with Gasteiger partial charge in [-0.15, -0.1) is 11.3 Å². The topological polar surface area (TPSA) is 59.8 Å². The van der Waals surface area contributed by atoms with E-state index in [2.05, 4.69) is 30.3 Å². The van der Waals surface area contributed by atoms with Gasteiger partial charge >= 0.3 is 0 Å². The smallest absolute Gasteiger partial charge is 0.226 e. The molecule has 6 heteroatoms. The van der Waals surface area contributed by atoms with Crippen molar-refractivity contribution in [3.63, 3.8) is 0 Å². The van der Waals surface area contributed by atoms with Gasteiger partial charge in [0, 0.05) is 19.7 Å². The molecule has 1 aromatic carbocycles. The summed E-state index contributed by atoms with van der Waals surface area (Å²) in [5, 5.41) is 8.27. The highest BCUT2D eigenvalue weighted by molar-refractivity contribution is 7.18. The van der Waals surface area contributed by atoms with Crippen molar-refractivity contribution in [3.8, 4) is 0 Å². The van der Waals surface area contributed by atoms with Crippen molar-refractivity contribution in [2.24, 2.45) is 12.5 Å². The van der Waals surface area contributed by atoms with Gasteiger partial charge in [-0.05, 0) is 31.0 Å². The normalized spacial score (nSPS) is 11.8. The summed E-state index contributed by atoms with van der Waals surface area (Å²) >= 11 is 1.69. The van der Waals surface area contributed by atoms with Crippen molar-refractivity contribution in [1.29, 1.82) is 0 Å². The van der Waals surface area contributed by atoms with Crippen LogP contribution in [-0.2, 0) is 24.8 Å². The number of nitrogens with zero attached hydrogens (tertiary/aromatic N) is 3.